The summed E-state index contributed by atoms with van der Waals surface area (Å²) >= 11 is 20.0. The van der Waals surface area contributed by atoms with Crippen molar-refractivity contribution < 1.29 is 82.6 Å². The lowest BCUT2D eigenvalue weighted by atomic mass is 10.1. The Morgan fingerprint density at radius 3 is 1.21 bits per heavy atom. The van der Waals surface area contributed by atoms with E-state index in [1.165, 1.54) is 29.5 Å². The fraction of sp³-hybridized carbons (Fsp3) is 0.446. The summed E-state index contributed by atoms with van der Waals surface area (Å²) in [6, 6.07) is 62.4. The number of ether oxygens (including phenoxy) is 4. The van der Waals surface area contributed by atoms with Crippen molar-refractivity contribution in [3.8, 4) is 12.1 Å². The lowest BCUT2D eigenvalue weighted by Gasteiger charge is -2.21. The van der Waals surface area contributed by atoms with Crippen molar-refractivity contribution in [2.24, 2.45) is 7.05 Å². The summed E-state index contributed by atoms with van der Waals surface area (Å²) in [5, 5.41) is 22.3. The molecule has 10 aromatic rings. The van der Waals surface area contributed by atoms with Crippen LogP contribution in [0.25, 0.3) is 0 Å². The Labute approximate surface area is 840 Å². The molecule has 0 unspecified atom stereocenters. The number of alkyl halides is 3. The summed E-state index contributed by atoms with van der Waals surface area (Å²) in [6.45, 7) is 42.6. The number of nitriles is 2. The number of hydrogen-bond donors (Lipinski definition) is 0. The zero-order chi connectivity index (χ0) is 105. The number of aryl methyl sites for hydroxylation is 1. The van der Waals surface area contributed by atoms with E-state index in [0.29, 0.717) is 61.6 Å². The van der Waals surface area contributed by atoms with Crippen molar-refractivity contribution in [2.75, 3.05) is 19.8 Å². The molecule has 137 heavy (non-hydrogen) atoms. The average Bonchev–Trinajstić information content (AvgIpc) is 1.52. The van der Waals surface area contributed by atoms with Gasteiger partial charge in [-0.05, 0) is 308 Å². The summed E-state index contributed by atoms with van der Waals surface area (Å²) in [5.74, 6) is 0.230. The Morgan fingerprint density at radius 1 is 0.431 bits per heavy atom. The molecule has 0 N–H and O–H groups in total. The zero-order valence-corrected chi connectivity index (χ0v) is 92.0. The van der Waals surface area contributed by atoms with Gasteiger partial charge in [0.2, 0.25) is 0 Å². The van der Waals surface area contributed by atoms with E-state index >= 15 is 0 Å². The molecule has 0 bridgehead atoms. The zero-order valence-electron chi connectivity index (χ0n) is 83.2. The smallest absolute Gasteiger partial charge is 0.374 e. The molecule has 0 radical (unpaired) electrons. The molecular formula is C101H140Cl3F3N6O16S8. The van der Waals surface area contributed by atoms with Gasteiger partial charge in [0.25, 0.3) is 0 Å². The maximum absolute atomic E-state index is 11.7. The molecule has 22 nitrogen and oxygen atoms in total. The summed E-state index contributed by atoms with van der Waals surface area (Å²) in [5.41, 5.74) is 7.42. The van der Waals surface area contributed by atoms with Gasteiger partial charge in [0.05, 0.1) is 149 Å². The van der Waals surface area contributed by atoms with Gasteiger partial charge in [-0.15, -0.1) is 23.1 Å². The van der Waals surface area contributed by atoms with Crippen molar-refractivity contribution >= 4 is 117 Å². The second-order valence-corrected chi connectivity index (χ2v) is 52.0. The van der Waals surface area contributed by atoms with Crippen molar-refractivity contribution in [3.63, 3.8) is 0 Å². The van der Waals surface area contributed by atoms with Crippen LogP contribution in [0.5, 0.6) is 0 Å². The molecule has 0 amide bonds. The van der Waals surface area contributed by atoms with Crippen molar-refractivity contribution in [3.05, 3.63) is 290 Å². The van der Waals surface area contributed by atoms with Gasteiger partial charge in [-0.2, -0.15) is 28.8 Å². The van der Waals surface area contributed by atoms with Crippen LogP contribution in [-0.2, 0) is 123 Å². The van der Waals surface area contributed by atoms with Crippen molar-refractivity contribution in [1.29, 1.82) is 10.5 Å². The van der Waals surface area contributed by atoms with Crippen LogP contribution >= 0.6 is 57.9 Å². The minimum atomic E-state index is -4.02. The molecule has 0 saturated heterocycles. The van der Waals surface area contributed by atoms with Gasteiger partial charge in [0, 0.05) is 58.7 Å². The van der Waals surface area contributed by atoms with Crippen LogP contribution in [0.1, 0.15) is 203 Å². The Bertz CT molecular complexity index is 5840. The summed E-state index contributed by atoms with van der Waals surface area (Å²) in [4.78, 5) is 7.68. The molecule has 0 spiro atoms. The van der Waals surface area contributed by atoms with Gasteiger partial charge in [0.15, 0.2) is 59.0 Å². The molecular weight excluding hydrogens is 1970 g/mol. The van der Waals surface area contributed by atoms with Crippen LogP contribution in [0.4, 0.5) is 13.2 Å². The largest absolute Gasteiger partial charge is 0.390 e. The second-order valence-electron chi connectivity index (χ2n) is 33.6. The SMILES string of the molecule is CC(C)N(C)CCC(F)(F)F.CC(C)OCc1ccc(C#N)cc1.CC(C)OCc1cccc(C#N)c1.CC(C)OCc1cccnc1.CC(C)OCc1cnn(C)c1.CC(C)S(=O)(=O)Cc1ccc(Cl)cc1.CC(C)S(=O)(=O)Cc1ccccc1.CC(C)S(=O)(=O)c1ccc(Cl)cc1.CC(C)S(=O)(=O)c1ccccc1Cl.CC(C)S(=O)(=O)c1cccs1.CSc1ccc(S(=O)(=O)C(C)C)cc1. The molecule has 7 aromatic carbocycles. The molecule has 3 aromatic heterocycles. The van der Waals surface area contributed by atoms with E-state index in [-0.39, 0.29) is 79.4 Å². The van der Waals surface area contributed by atoms with Gasteiger partial charge >= 0.3 is 6.18 Å². The van der Waals surface area contributed by atoms with Gasteiger partial charge in [-0.3, -0.25) is 9.67 Å². The highest BCUT2D eigenvalue weighted by molar-refractivity contribution is 7.98. The Morgan fingerprint density at radius 2 is 0.832 bits per heavy atom. The molecule has 0 fully saturated rings. The van der Waals surface area contributed by atoms with E-state index in [1.54, 1.807) is 220 Å². The monoisotopic (exact) mass is 2110 g/mol. The van der Waals surface area contributed by atoms with Crippen molar-refractivity contribution in [1.82, 2.24) is 19.7 Å². The lowest BCUT2D eigenvalue weighted by Crippen LogP contribution is -2.30. The lowest BCUT2D eigenvalue weighted by molar-refractivity contribution is -0.138. The summed E-state index contributed by atoms with van der Waals surface area (Å²) < 4.78 is 198. The molecule has 0 saturated carbocycles. The molecule has 0 atom stereocenters. The first kappa shape index (κ1) is 129. The number of halogens is 6. The third-order valence-corrected chi connectivity index (χ3v) is 34.6. The first-order valence-corrected chi connectivity index (χ1v) is 56.9. The fourth-order valence-electron chi connectivity index (χ4n) is 9.52. The molecule has 0 aliphatic carbocycles. The van der Waals surface area contributed by atoms with Crippen LogP contribution in [-0.4, -0.2) is 158 Å². The topological polar surface area (TPSA) is 323 Å². The first-order valence-electron chi connectivity index (χ1n) is 44.0. The minimum absolute atomic E-state index is 0.0845. The number of pyridine rings is 1. The number of sulfone groups is 6. The highest BCUT2D eigenvalue weighted by Crippen LogP contribution is 2.27. The van der Waals surface area contributed by atoms with Gasteiger partial charge in [-0.1, -0.05) is 126 Å². The van der Waals surface area contributed by atoms with E-state index in [2.05, 4.69) is 22.2 Å². The number of nitrogens with zero attached hydrogens (tertiary/aromatic N) is 6. The van der Waals surface area contributed by atoms with Crippen molar-refractivity contribution in [2.45, 2.75) is 289 Å². The molecule has 0 aliphatic heterocycles. The van der Waals surface area contributed by atoms with Gasteiger partial charge in [0.1, 0.15) is 4.21 Å². The van der Waals surface area contributed by atoms with Crippen LogP contribution in [0.2, 0.25) is 15.1 Å². The third kappa shape index (κ3) is 55.8. The highest BCUT2D eigenvalue weighted by atomic mass is 35.5. The third-order valence-electron chi connectivity index (χ3n) is 18.4. The quantitative estimate of drug-likeness (QED) is 0.0377. The summed E-state index contributed by atoms with van der Waals surface area (Å²) in [6.07, 6.45) is 5.63. The standard InChI is InChI=1S/2C11H13NO.C10H13ClO2S.C10H14O2S2.C10H14O2S.2C9H11ClO2S.C9H13NO.C8H14N2O.C7H14F3N.C7H10O2S2/c1-9(2)13-8-11-5-3-10(7-12)4-6-11;1-9(2)13-8-11-5-3-4-10(6-11)7-12;1-8(2)14(12,13)7-9-3-5-10(11)6-4-9;1-8(2)14(11,12)10-6-4-9(13-3)5-7-10;1-9(2)13(11,12)8-10-6-4-3-5-7-10;1-7(2)13(11,12)9-5-3-8(10)4-6-9;1-7(2)13(11,12)9-6-4-3-5-8(9)10;1-8(2)11-7-9-4-3-5-10-6-9;1-7(2)11-6-8-4-9-10(3)5-8;1-6(2)11(3)5-4-7(8,9)10;1-6(2)11(8,9)7-4-3-5-10-7/h2*3-6,9H,8H2,1-2H3;3-6,8H,7H2,1-2H3;4-8H,1-3H3;3-7,9H,8H2,1-2H3;2*3-7H,1-2H3;3-6,8H,7H2,1-2H3;4-5,7H,6H2,1-3H3;6H,4-5H2,1-3H3;3-6H,1-2H3. The number of rotatable bonds is 30. The van der Waals surface area contributed by atoms with E-state index in [9.17, 15) is 63.7 Å². The van der Waals surface area contributed by atoms with Crippen LogP contribution in [0, 0.1) is 22.7 Å². The summed E-state index contributed by atoms with van der Waals surface area (Å²) in [7, 11) is -14.9. The Balaban J connectivity index is 0.00000149. The van der Waals surface area contributed by atoms with E-state index in [1.807, 2.05) is 186 Å². The molecule has 36 heteroatoms. The average molecular weight is 2110 g/mol. The maximum atomic E-state index is 11.7. The number of hydrogen-bond acceptors (Lipinski definition) is 23. The fourth-order valence-corrected chi connectivity index (χ4v) is 18.3. The first-order chi connectivity index (χ1) is 63.6. The minimum Gasteiger partial charge on any atom is -0.374 e. The van der Waals surface area contributed by atoms with Gasteiger partial charge in [-0.25, -0.2) is 50.5 Å². The van der Waals surface area contributed by atoms with Gasteiger partial charge < -0.3 is 23.8 Å². The maximum Gasteiger partial charge on any atom is 0.390 e. The molecule has 3 heterocycles. The molecule has 10 rings (SSSR count). The molecule has 760 valence electrons. The number of thiophene rings is 1. The predicted octanol–water partition coefficient (Wildman–Crippen LogP) is 24.8. The van der Waals surface area contributed by atoms with E-state index in [0.717, 1.165) is 38.3 Å². The number of benzene rings is 7. The van der Waals surface area contributed by atoms with Crippen LogP contribution in [0.15, 0.2) is 254 Å². The van der Waals surface area contributed by atoms with E-state index < -0.39 is 82.1 Å². The highest BCUT2D eigenvalue weighted by Gasteiger charge is 2.28. The van der Waals surface area contributed by atoms with Crippen LogP contribution < -0.4 is 0 Å². The Hall–Kier alpha value is -7.91. The predicted molar refractivity (Wildman–Crippen MR) is 556 cm³/mol. The second kappa shape index (κ2) is 66.0. The number of thioether (sulfide) groups is 1. The number of aromatic nitrogens is 3. The Kier molecular flexibility index (Phi) is 62.2. The normalized spacial score (nSPS) is 11.5. The molecule has 0 aliphatic rings. The van der Waals surface area contributed by atoms with E-state index in [4.69, 9.17) is 64.3 Å². The van der Waals surface area contributed by atoms with Crippen LogP contribution in [0.3, 0.4) is 0 Å².